The van der Waals surface area contributed by atoms with Gasteiger partial charge in [0.25, 0.3) is 0 Å². The summed E-state index contributed by atoms with van der Waals surface area (Å²) in [6, 6.07) is 6.97. The van der Waals surface area contributed by atoms with Gasteiger partial charge < -0.3 is 10.8 Å². The smallest absolute Gasteiger partial charge is 0.115 e. The fraction of sp³-hybridized carbons (Fsp3) is 0.111. The minimum Gasteiger partial charge on any atom is -0.508 e. The first kappa shape index (κ1) is 11.0. The molecule has 0 aliphatic heterocycles. The summed E-state index contributed by atoms with van der Waals surface area (Å²) in [5.74, 6) is 0.287. The minimum absolute atomic E-state index is 0. The zero-order chi connectivity index (χ0) is 8.10. The highest BCUT2D eigenvalue weighted by Gasteiger charge is 1.85. The van der Waals surface area contributed by atoms with Crippen LogP contribution in [-0.2, 0) is 0 Å². The molecule has 0 atom stereocenters. The van der Waals surface area contributed by atoms with E-state index in [9.17, 15) is 0 Å². The molecule has 12 heavy (non-hydrogen) atoms. The Kier molecular flexibility index (Phi) is 5.17. The van der Waals surface area contributed by atoms with Crippen molar-refractivity contribution in [3.8, 4) is 5.75 Å². The second-order valence-corrected chi connectivity index (χ2v) is 2.23. The lowest BCUT2D eigenvalue weighted by Gasteiger charge is -1.92. The van der Waals surface area contributed by atoms with Gasteiger partial charge in [-0.2, -0.15) is 0 Å². The van der Waals surface area contributed by atoms with Crippen molar-refractivity contribution >= 4 is 18.5 Å². The van der Waals surface area contributed by atoms with E-state index >= 15 is 0 Å². The van der Waals surface area contributed by atoms with Gasteiger partial charge in [-0.1, -0.05) is 24.3 Å². The quantitative estimate of drug-likeness (QED) is 0.738. The lowest BCUT2D eigenvalue weighted by Crippen LogP contribution is -1.91. The molecule has 1 aromatic rings. The third kappa shape index (κ3) is 3.42. The predicted octanol–water partition coefficient (Wildman–Crippen LogP) is 1.79. The van der Waals surface area contributed by atoms with E-state index in [1.165, 1.54) is 0 Å². The minimum atomic E-state index is 0. The normalized spacial score (nSPS) is 9.75. The maximum atomic E-state index is 8.93. The lowest BCUT2D eigenvalue weighted by atomic mass is 10.2. The number of phenols is 1. The van der Waals surface area contributed by atoms with Gasteiger partial charge in [-0.15, -0.1) is 12.4 Å². The van der Waals surface area contributed by atoms with E-state index in [4.69, 9.17) is 10.8 Å². The van der Waals surface area contributed by atoms with E-state index in [1.54, 1.807) is 12.1 Å². The zero-order valence-electron chi connectivity index (χ0n) is 6.60. The standard InChI is InChI=1S/C9H11NO.ClH/c10-7-1-2-8-3-5-9(11)6-4-8;/h1-6,11H,7,10H2;1H/b2-1+;. The van der Waals surface area contributed by atoms with Crippen LogP contribution in [0.3, 0.4) is 0 Å². The highest BCUT2D eigenvalue weighted by Crippen LogP contribution is 2.10. The van der Waals surface area contributed by atoms with Crippen molar-refractivity contribution in [2.24, 2.45) is 5.73 Å². The van der Waals surface area contributed by atoms with Gasteiger partial charge in [0.15, 0.2) is 0 Å². The SMILES string of the molecule is Cl.NC/C=C/c1ccc(O)cc1. The van der Waals surface area contributed by atoms with Crippen LogP contribution in [0.4, 0.5) is 0 Å². The maximum Gasteiger partial charge on any atom is 0.115 e. The molecule has 0 bridgehead atoms. The summed E-state index contributed by atoms with van der Waals surface area (Å²) in [6.45, 7) is 0.543. The highest BCUT2D eigenvalue weighted by atomic mass is 35.5. The number of nitrogens with two attached hydrogens (primary N) is 1. The molecule has 0 spiro atoms. The molecule has 0 saturated heterocycles. The van der Waals surface area contributed by atoms with Crippen LogP contribution in [0.2, 0.25) is 0 Å². The summed E-state index contributed by atoms with van der Waals surface area (Å²) in [6.07, 6.45) is 3.78. The molecule has 0 unspecified atom stereocenters. The molecule has 0 saturated carbocycles. The van der Waals surface area contributed by atoms with Gasteiger partial charge in [-0.3, -0.25) is 0 Å². The van der Waals surface area contributed by atoms with Crippen LogP contribution in [0.25, 0.3) is 6.08 Å². The van der Waals surface area contributed by atoms with Crippen LogP contribution >= 0.6 is 12.4 Å². The number of halogens is 1. The summed E-state index contributed by atoms with van der Waals surface area (Å²) in [5, 5.41) is 8.93. The van der Waals surface area contributed by atoms with Crippen molar-refractivity contribution in [3.05, 3.63) is 35.9 Å². The molecule has 3 N–H and O–H groups in total. The van der Waals surface area contributed by atoms with Gasteiger partial charge in [-0.25, -0.2) is 0 Å². The molecule has 0 heterocycles. The first-order chi connectivity index (χ1) is 5.33. The Balaban J connectivity index is 0.00000121. The average Bonchev–Trinajstić information content (AvgIpc) is 2.04. The van der Waals surface area contributed by atoms with Gasteiger partial charge in [0, 0.05) is 6.54 Å². The first-order valence-electron chi connectivity index (χ1n) is 3.48. The summed E-state index contributed by atoms with van der Waals surface area (Å²) in [5.41, 5.74) is 6.32. The number of hydrogen-bond donors (Lipinski definition) is 2. The highest BCUT2D eigenvalue weighted by molar-refractivity contribution is 5.85. The Morgan fingerprint density at radius 3 is 2.33 bits per heavy atom. The molecule has 0 aromatic heterocycles. The summed E-state index contributed by atoms with van der Waals surface area (Å²) in [7, 11) is 0. The van der Waals surface area contributed by atoms with E-state index < -0.39 is 0 Å². The molecule has 0 aliphatic carbocycles. The lowest BCUT2D eigenvalue weighted by molar-refractivity contribution is 0.475. The van der Waals surface area contributed by atoms with Crippen LogP contribution in [-0.4, -0.2) is 11.7 Å². The maximum absolute atomic E-state index is 8.93. The number of benzene rings is 1. The fourth-order valence-electron chi connectivity index (χ4n) is 0.790. The van der Waals surface area contributed by atoms with Crippen molar-refractivity contribution < 1.29 is 5.11 Å². The molecule has 1 rings (SSSR count). The molecule has 0 aliphatic rings. The van der Waals surface area contributed by atoms with Crippen molar-refractivity contribution in [1.82, 2.24) is 0 Å². The van der Waals surface area contributed by atoms with Gasteiger partial charge in [0.2, 0.25) is 0 Å². The van der Waals surface area contributed by atoms with Crippen molar-refractivity contribution in [2.75, 3.05) is 6.54 Å². The second-order valence-electron chi connectivity index (χ2n) is 2.23. The molecule has 66 valence electrons. The molecule has 3 heteroatoms. The van der Waals surface area contributed by atoms with Crippen LogP contribution in [0, 0.1) is 0 Å². The van der Waals surface area contributed by atoms with E-state index in [0.717, 1.165) is 5.56 Å². The Hall–Kier alpha value is -0.990. The third-order valence-corrected chi connectivity index (χ3v) is 1.34. The largest absolute Gasteiger partial charge is 0.508 e. The fourth-order valence-corrected chi connectivity index (χ4v) is 0.790. The van der Waals surface area contributed by atoms with E-state index in [0.29, 0.717) is 6.54 Å². The van der Waals surface area contributed by atoms with Gasteiger partial charge in [0.05, 0.1) is 0 Å². The Labute approximate surface area is 78.1 Å². The zero-order valence-corrected chi connectivity index (χ0v) is 7.42. The monoisotopic (exact) mass is 185 g/mol. The van der Waals surface area contributed by atoms with E-state index in [1.807, 2.05) is 24.3 Å². The van der Waals surface area contributed by atoms with Crippen LogP contribution in [0.1, 0.15) is 5.56 Å². The molecule has 2 nitrogen and oxygen atoms in total. The predicted molar refractivity (Wildman–Crippen MR) is 53.4 cm³/mol. The van der Waals surface area contributed by atoms with Crippen molar-refractivity contribution in [2.45, 2.75) is 0 Å². The van der Waals surface area contributed by atoms with Crippen LogP contribution in [0.15, 0.2) is 30.3 Å². The Morgan fingerprint density at radius 1 is 1.25 bits per heavy atom. The second kappa shape index (κ2) is 5.63. The number of hydrogen-bond acceptors (Lipinski definition) is 2. The van der Waals surface area contributed by atoms with Crippen molar-refractivity contribution in [3.63, 3.8) is 0 Å². The summed E-state index contributed by atoms with van der Waals surface area (Å²) < 4.78 is 0. The van der Waals surface area contributed by atoms with Gasteiger partial charge >= 0.3 is 0 Å². The average molecular weight is 186 g/mol. The molecule has 0 fully saturated rings. The van der Waals surface area contributed by atoms with E-state index in [2.05, 4.69) is 0 Å². The van der Waals surface area contributed by atoms with E-state index in [-0.39, 0.29) is 18.2 Å². The number of phenolic OH excluding ortho intramolecular Hbond substituents is 1. The van der Waals surface area contributed by atoms with Crippen molar-refractivity contribution in [1.29, 1.82) is 0 Å². The summed E-state index contributed by atoms with van der Waals surface area (Å²) in [4.78, 5) is 0. The van der Waals surface area contributed by atoms with Gasteiger partial charge in [0.1, 0.15) is 5.75 Å². The topological polar surface area (TPSA) is 46.2 Å². The molecule has 1 aromatic carbocycles. The Bertz CT molecular complexity index is 243. The third-order valence-electron chi connectivity index (χ3n) is 1.34. The van der Waals surface area contributed by atoms with Crippen LogP contribution < -0.4 is 5.73 Å². The molecule has 0 radical (unpaired) electrons. The number of aromatic hydroxyl groups is 1. The molecular weight excluding hydrogens is 174 g/mol. The number of rotatable bonds is 2. The van der Waals surface area contributed by atoms with Crippen LogP contribution in [0.5, 0.6) is 5.75 Å². The molecular formula is C9H12ClNO. The Morgan fingerprint density at radius 2 is 1.83 bits per heavy atom. The molecule has 0 amide bonds. The summed E-state index contributed by atoms with van der Waals surface area (Å²) >= 11 is 0. The first-order valence-corrected chi connectivity index (χ1v) is 3.48. The van der Waals surface area contributed by atoms with Gasteiger partial charge in [-0.05, 0) is 17.7 Å².